The van der Waals surface area contributed by atoms with Crippen LogP contribution in [0.5, 0.6) is 0 Å². The summed E-state index contributed by atoms with van der Waals surface area (Å²) in [6.45, 7) is 3.41. The summed E-state index contributed by atoms with van der Waals surface area (Å²) in [4.78, 5) is 2.30. The smallest absolute Gasteiger partial charge is 0.0602 e. The van der Waals surface area contributed by atoms with Crippen LogP contribution in [-0.2, 0) is 6.54 Å². The van der Waals surface area contributed by atoms with Crippen LogP contribution in [0, 0.1) is 0 Å². The predicted octanol–water partition coefficient (Wildman–Crippen LogP) is 1.25. The van der Waals surface area contributed by atoms with Gasteiger partial charge < -0.3 is 5.11 Å². The largest absolute Gasteiger partial charge is 0.395 e. The average molecular weight is 177 g/mol. The van der Waals surface area contributed by atoms with Gasteiger partial charge >= 0.3 is 0 Å². The fourth-order valence-electron chi connectivity index (χ4n) is 1.79. The lowest BCUT2D eigenvalue weighted by Gasteiger charge is -2.02. The SMILES string of the molecule is CC1C(CO)N1Cc1ccccc1. The van der Waals surface area contributed by atoms with Crippen molar-refractivity contribution in [3.8, 4) is 0 Å². The van der Waals surface area contributed by atoms with E-state index in [1.165, 1.54) is 5.56 Å². The molecule has 1 fully saturated rings. The Kier molecular flexibility index (Phi) is 2.34. The molecule has 1 heterocycles. The number of nitrogens with zero attached hydrogens (tertiary/aromatic N) is 1. The quantitative estimate of drug-likeness (QED) is 0.702. The maximum Gasteiger partial charge on any atom is 0.0602 e. The lowest BCUT2D eigenvalue weighted by Crippen LogP contribution is -2.04. The molecule has 1 aromatic carbocycles. The Morgan fingerprint density at radius 3 is 2.54 bits per heavy atom. The summed E-state index contributed by atoms with van der Waals surface area (Å²) in [5.41, 5.74) is 1.32. The van der Waals surface area contributed by atoms with Crippen molar-refractivity contribution >= 4 is 0 Å². The van der Waals surface area contributed by atoms with Crippen LogP contribution in [0.3, 0.4) is 0 Å². The molecule has 2 rings (SSSR count). The van der Waals surface area contributed by atoms with Crippen molar-refractivity contribution < 1.29 is 5.11 Å². The molecule has 1 aromatic rings. The third kappa shape index (κ3) is 1.74. The first kappa shape index (κ1) is 8.73. The molecule has 70 valence electrons. The molecule has 1 saturated heterocycles. The van der Waals surface area contributed by atoms with Crippen molar-refractivity contribution in [1.82, 2.24) is 4.90 Å². The van der Waals surface area contributed by atoms with E-state index in [4.69, 9.17) is 5.11 Å². The van der Waals surface area contributed by atoms with Crippen molar-refractivity contribution in [2.75, 3.05) is 6.61 Å². The summed E-state index contributed by atoms with van der Waals surface area (Å²) in [5, 5.41) is 8.98. The van der Waals surface area contributed by atoms with Gasteiger partial charge in [-0.25, -0.2) is 0 Å². The van der Waals surface area contributed by atoms with Crippen LogP contribution in [-0.4, -0.2) is 28.7 Å². The minimum atomic E-state index is 0.286. The van der Waals surface area contributed by atoms with Gasteiger partial charge in [0.2, 0.25) is 0 Å². The molecule has 0 bridgehead atoms. The summed E-state index contributed by atoms with van der Waals surface area (Å²) in [5.74, 6) is 0. The second-order valence-electron chi connectivity index (χ2n) is 3.65. The molecule has 3 unspecified atom stereocenters. The zero-order chi connectivity index (χ0) is 9.26. The molecule has 3 atom stereocenters. The van der Waals surface area contributed by atoms with E-state index >= 15 is 0 Å². The molecular formula is C11H15NO. The standard InChI is InChI=1S/C11H15NO/c1-9-11(8-13)12(9)7-10-5-3-2-4-6-10/h2-6,9,11,13H,7-8H2,1H3. The molecule has 0 aromatic heterocycles. The van der Waals surface area contributed by atoms with E-state index in [-0.39, 0.29) is 6.61 Å². The minimum absolute atomic E-state index is 0.286. The summed E-state index contributed by atoms with van der Waals surface area (Å²) in [6, 6.07) is 11.3. The summed E-state index contributed by atoms with van der Waals surface area (Å²) < 4.78 is 0. The highest BCUT2D eigenvalue weighted by atomic mass is 16.3. The average Bonchev–Trinajstić information content (AvgIpc) is 2.78. The van der Waals surface area contributed by atoms with Crippen LogP contribution >= 0.6 is 0 Å². The van der Waals surface area contributed by atoms with Gasteiger partial charge in [0.15, 0.2) is 0 Å². The summed E-state index contributed by atoms with van der Waals surface area (Å²) in [7, 11) is 0. The number of hydrogen-bond acceptors (Lipinski definition) is 2. The number of hydrogen-bond donors (Lipinski definition) is 1. The van der Waals surface area contributed by atoms with Gasteiger partial charge in [-0.2, -0.15) is 0 Å². The van der Waals surface area contributed by atoms with E-state index < -0.39 is 0 Å². The van der Waals surface area contributed by atoms with Gasteiger partial charge in [0.1, 0.15) is 0 Å². The topological polar surface area (TPSA) is 23.2 Å². The molecule has 0 radical (unpaired) electrons. The van der Waals surface area contributed by atoms with Crippen LogP contribution in [0.2, 0.25) is 0 Å². The predicted molar refractivity (Wildman–Crippen MR) is 52.3 cm³/mol. The third-order valence-electron chi connectivity index (χ3n) is 2.81. The molecule has 0 spiro atoms. The van der Waals surface area contributed by atoms with Gasteiger partial charge in [-0.15, -0.1) is 0 Å². The lowest BCUT2D eigenvalue weighted by molar-refractivity contribution is 0.272. The molecule has 0 aliphatic carbocycles. The molecule has 1 aliphatic rings. The lowest BCUT2D eigenvalue weighted by atomic mass is 10.2. The number of benzene rings is 1. The molecular weight excluding hydrogens is 162 g/mol. The van der Waals surface area contributed by atoms with Crippen molar-refractivity contribution in [2.45, 2.75) is 25.6 Å². The fourth-order valence-corrected chi connectivity index (χ4v) is 1.79. The molecule has 2 heteroatoms. The Labute approximate surface area is 78.8 Å². The number of rotatable bonds is 3. The first-order valence-electron chi connectivity index (χ1n) is 4.73. The number of aliphatic hydroxyl groups excluding tert-OH is 1. The van der Waals surface area contributed by atoms with Gasteiger partial charge in [-0.1, -0.05) is 30.3 Å². The first-order valence-corrected chi connectivity index (χ1v) is 4.73. The van der Waals surface area contributed by atoms with E-state index in [0.29, 0.717) is 12.1 Å². The Hall–Kier alpha value is -0.860. The Balaban J connectivity index is 1.94. The second-order valence-corrected chi connectivity index (χ2v) is 3.65. The Morgan fingerprint density at radius 2 is 2.00 bits per heavy atom. The maximum absolute atomic E-state index is 8.98. The van der Waals surface area contributed by atoms with Crippen molar-refractivity contribution in [3.63, 3.8) is 0 Å². The normalized spacial score (nSPS) is 31.7. The van der Waals surface area contributed by atoms with Gasteiger partial charge in [0, 0.05) is 18.6 Å². The van der Waals surface area contributed by atoms with E-state index in [1.54, 1.807) is 0 Å². The molecule has 1 N–H and O–H groups in total. The van der Waals surface area contributed by atoms with E-state index in [9.17, 15) is 0 Å². The Morgan fingerprint density at radius 1 is 1.31 bits per heavy atom. The highest BCUT2D eigenvalue weighted by molar-refractivity contribution is 5.16. The van der Waals surface area contributed by atoms with Crippen LogP contribution in [0.4, 0.5) is 0 Å². The molecule has 0 amide bonds. The fraction of sp³-hybridized carbons (Fsp3) is 0.455. The van der Waals surface area contributed by atoms with E-state index in [1.807, 2.05) is 6.07 Å². The van der Waals surface area contributed by atoms with Crippen molar-refractivity contribution in [3.05, 3.63) is 35.9 Å². The molecule has 13 heavy (non-hydrogen) atoms. The maximum atomic E-state index is 8.98. The van der Waals surface area contributed by atoms with Crippen LogP contribution in [0.1, 0.15) is 12.5 Å². The zero-order valence-corrected chi connectivity index (χ0v) is 7.85. The third-order valence-corrected chi connectivity index (χ3v) is 2.81. The van der Waals surface area contributed by atoms with Crippen molar-refractivity contribution in [2.24, 2.45) is 0 Å². The molecule has 2 nitrogen and oxygen atoms in total. The van der Waals surface area contributed by atoms with Crippen LogP contribution in [0.25, 0.3) is 0 Å². The van der Waals surface area contributed by atoms with Crippen LogP contribution < -0.4 is 0 Å². The highest BCUT2D eigenvalue weighted by Gasteiger charge is 2.42. The molecule has 1 aliphatic heterocycles. The zero-order valence-electron chi connectivity index (χ0n) is 7.85. The highest BCUT2D eigenvalue weighted by Crippen LogP contribution is 2.29. The summed E-state index contributed by atoms with van der Waals surface area (Å²) in [6.07, 6.45) is 0. The molecule has 0 saturated carbocycles. The van der Waals surface area contributed by atoms with Gasteiger partial charge in [-0.05, 0) is 12.5 Å². The van der Waals surface area contributed by atoms with Crippen molar-refractivity contribution in [1.29, 1.82) is 0 Å². The van der Waals surface area contributed by atoms with Gasteiger partial charge in [0.25, 0.3) is 0 Å². The van der Waals surface area contributed by atoms with Gasteiger partial charge in [0.05, 0.1) is 6.61 Å². The van der Waals surface area contributed by atoms with Gasteiger partial charge in [-0.3, -0.25) is 4.90 Å². The Bertz CT molecular complexity index is 273. The van der Waals surface area contributed by atoms with E-state index in [2.05, 4.69) is 36.1 Å². The first-order chi connectivity index (χ1) is 6.33. The number of aliphatic hydroxyl groups is 1. The van der Waals surface area contributed by atoms with Crippen LogP contribution in [0.15, 0.2) is 30.3 Å². The van der Waals surface area contributed by atoms with E-state index in [0.717, 1.165) is 6.54 Å². The second kappa shape index (κ2) is 3.48. The monoisotopic (exact) mass is 177 g/mol. The summed E-state index contributed by atoms with van der Waals surface area (Å²) >= 11 is 0. The minimum Gasteiger partial charge on any atom is -0.395 e.